The third-order valence-electron chi connectivity index (χ3n) is 6.07. The van der Waals surface area contributed by atoms with Crippen molar-refractivity contribution < 1.29 is 9.59 Å². The Balaban J connectivity index is 1.64. The smallest absolute Gasteiger partial charge is 0.252 e. The molecular weight excluding hydrogens is 350 g/mol. The van der Waals surface area contributed by atoms with Crippen LogP contribution in [0.25, 0.3) is 0 Å². The lowest BCUT2D eigenvalue weighted by Crippen LogP contribution is -2.57. The van der Waals surface area contributed by atoms with Crippen LogP contribution in [0.15, 0.2) is 54.6 Å². The van der Waals surface area contributed by atoms with E-state index in [9.17, 15) is 9.59 Å². The molecule has 1 spiro atoms. The van der Waals surface area contributed by atoms with Crippen LogP contribution in [0.5, 0.6) is 0 Å². The fourth-order valence-corrected chi connectivity index (χ4v) is 4.65. The first-order valence-electron chi connectivity index (χ1n) is 9.86. The molecule has 4 rings (SSSR count). The first kappa shape index (κ1) is 18.7. The SMILES string of the molecule is CN(C)C(=O)[C@@H]1CN(Cc2ccccc2)C[C@]12CCc1ccccc1C(=O)N2. The van der Waals surface area contributed by atoms with Crippen LogP contribution in [0.2, 0.25) is 0 Å². The maximum atomic E-state index is 13.1. The summed E-state index contributed by atoms with van der Waals surface area (Å²) in [7, 11) is 3.59. The van der Waals surface area contributed by atoms with Gasteiger partial charge in [-0.25, -0.2) is 0 Å². The van der Waals surface area contributed by atoms with Crippen molar-refractivity contribution in [2.75, 3.05) is 27.2 Å². The van der Waals surface area contributed by atoms with E-state index in [0.29, 0.717) is 13.1 Å². The molecule has 146 valence electrons. The highest BCUT2D eigenvalue weighted by Gasteiger charge is 2.52. The second kappa shape index (κ2) is 7.40. The molecule has 28 heavy (non-hydrogen) atoms. The number of nitrogens with one attached hydrogen (secondary N) is 1. The summed E-state index contributed by atoms with van der Waals surface area (Å²) in [5, 5.41) is 3.28. The van der Waals surface area contributed by atoms with Crippen LogP contribution in [0.3, 0.4) is 0 Å². The zero-order chi connectivity index (χ0) is 19.7. The molecule has 0 bridgehead atoms. The summed E-state index contributed by atoms with van der Waals surface area (Å²) >= 11 is 0. The topological polar surface area (TPSA) is 52.7 Å². The Morgan fingerprint density at radius 1 is 1.14 bits per heavy atom. The monoisotopic (exact) mass is 377 g/mol. The maximum absolute atomic E-state index is 13.1. The average Bonchev–Trinajstić information content (AvgIpc) is 2.96. The normalized spacial score (nSPS) is 24.5. The molecule has 2 amide bonds. The van der Waals surface area contributed by atoms with Gasteiger partial charge in [-0.2, -0.15) is 0 Å². The van der Waals surface area contributed by atoms with E-state index < -0.39 is 5.54 Å². The van der Waals surface area contributed by atoms with Crippen LogP contribution in [-0.2, 0) is 17.8 Å². The number of carbonyl (C=O) groups is 2. The zero-order valence-electron chi connectivity index (χ0n) is 16.5. The van der Waals surface area contributed by atoms with Crippen LogP contribution in [0, 0.1) is 5.92 Å². The molecule has 1 fully saturated rings. The Kier molecular flexibility index (Phi) is 4.94. The minimum absolute atomic E-state index is 0.0637. The fraction of sp³-hybridized carbons (Fsp3) is 0.391. The van der Waals surface area contributed by atoms with Crippen molar-refractivity contribution in [2.45, 2.75) is 24.9 Å². The Labute approximate surface area is 166 Å². The molecule has 0 radical (unpaired) electrons. The van der Waals surface area contributed by atoms with Gasteiger partial charge >= 0.3 is 0 Å². The van der Waals surface area contributed by atoms with Gasteiger partial charge in [-0.15, -0.1) is 0 Å². The van der Waals surface area contributed by atoms with E-state index in [1.807, 2.05) is 42.5 Å². The molecule has 5 nitrogen and oxygen atoms in total. The van der Waals surface area contributed by atoms with Gasteiger partial charge < -0.3 is 10.2 Å². The highest BCUT2D eigenvalue weighted by molar-refractivity contribution is 5.97. The van der Waals surface area contributed by atoms with Gasteiger partial charge in [-0.1, -0.05) is 48.5 Å². The lowest BCUT2D eigenvalue weighted by Gasteiger charge is -2.35. The second-order valence-corrected chi connectivity index (χ2v) is 8.21. The third kappa shape index (κ3) is 3.42. The predicted octanol–water partition coefficient (Wildman–Crippen LogP) is 2.32. The molecule has 0 aromatic heterocycles. The Bertz CT molecular complexity index is 880. The van der Waals surface area contributed by atoms with Gasteiger partial charge in [0.25, 0.3) is 5.91 Å². The molecule has 0 saturated carbocycles. The Morgan fingerprint density at radius 3 is 2.61 bits per heavy atom. The molecule has 0 aliphatic carbocycles. The van der Waals surface area contributed by atoms with Crippen molar-refractivity contribution in [3.8, 4) is 0 Å². The average molecular weight is 377 g/mol. The largest absolute Gasteiger partial charge is 0.348 e. The number of amides is 2. The molecule has 2 atom stereocenters. The van der Waals surface area contributed by atoms with E-state index in [0.717, 1.165) is 30.5 Å². The van der Waals surface area contributed by atoms with Crippen LogP contribution < -0.4 is 5.32 Å². The minimum atomic E-state index is -0.535. The first-order chi connectivity index (χ1) is 13.5. The quantitative estimate of drug-likeness (QED) is 0.893. The van der Waals surface area contributed by atoms with Crippen molar-refractivity contribution in [3.05, 3.63) is 71.3 Å². The van der Waals surface area contributed by atoms with Gasteiger partial charge in [0.1, 0.15) is 0 Å². The Hall–Kier alpha value is -2.66. The van der Waals surface area contributed by atoms with E-state index in [2.05, 4.69) is 22.3 Å². The summed E-state index contributed by atoms with van der Waals surface area (Å²) in [5.41, 5.74) is 2.48. The number of hydrogen-bond donors (Lipinski definition) is 1. The van der Waals surface area contributed by atoms with Gasteiger partial charge in [0, 0.05) is 39.3 Å². The summed E-state index contributed by atoms with van der Waals surface area (Å²) in [6.45, 7) is 2.12. The summed E-state index contributed by atoms with van der Waals surface area (Å²) in [4.78, 5) is 30.0. The van der Waals surface area contributed by atoms with E-state index >= 15 is 0 Å². The summed E-state index contributed by atoms with van der Waals surface area (Å²) in [5.74, 6) is -0.225. The predicted molar refractivity (Wildman–Crippen MR) is 109 cm³/mol. The van der Waals surface area contributed by atoms with Crippen LogP contribution in [0.1, 0.15) is 27.9 Å². The highest BCUT2D eigenvalue weighted by atomic mass is 16.2. The van der Waals surface area contributed by atoms with E-state index in [1.54, 1.807) is 19.0 Å². The number of carbonyl (C=O) groups excluding carboxylic acids is 2. The van der Waals surface area contributed by atoms with E-state index in [-0.39, 0.29) is 17.7 Å². The summed E-state index contributed by atoms with van der Waals surface area (Å²) < 4.78 is 0. The Morgan fingerprint density at radius 2 is 1.86 bits per heavy atom. The minimum Gasteiger partial charge on any atom is -0.348 e. The van der Waals surface area contributed by atoms with Gasteiger partial charge in [0.2, 0.25) is 5.91 Å². The van der Waals surface area contributed by atoms with Crippen LogP contribution in [-0.4, -0.2) is 54.3 Å². The zero-order valence-corrected chi connectivity index (χ0v) is 16.5. The molecule has 2 aromatic rings. The molecule has 2 aliphatic rings. The van der Waals surface area contributed by atoms with E-state index in [4.69, 9.17) is 0 Å². The fourth-order valence-electron chi connectivity index (χ4n) is 4.65. The van der Waals surface area contributed by atoms with Crippen molar-refractivity contribution in [1.29, 1.82) is 0 Å². The number of likely N-dealkylation sites (tertiary alicyclic amines) is 1. The summed E-state index contributed by atoms with van der Waals surface area (Å²) in [6, 6.07) is 18.1. The lowest BCUT2D eigenvalue weighted by molar-refractivity contribution is -0.134. The number of benzene rings is 2. The van der Waals surface area contributed by atoms with Crippen molar-refractivity contribution in [1.82, 2.24) is 15.1 Å². The molecule has 2 heterocycles. The number of aryl methyl sites for hydroxylation is 1. The standard InChI is InChI=1S/C23H27N3O2/c1-25(2)22(28)20-15-26(14-17-8-4-3-5-9-17)16-23(20)13-12-18-10-6-7-11-19(18)21(27)24-23/h3-11,20H,12-16H2,1-2H3,(H,24,27)/t20-,23+/m0/s1. The van der Waals surface area contributed by atoms with Gasteiger partial charge in [0.15, 0.2) is 0 Å². The number of rotatable bonds is 3. The molecular formula is C23H27N3O2. The molecule has 5 heteroatoms. The van der Waals surface area contributed by atoms with Crippen molar-refractivity contribution >= 4 is 11.8 Å². The van der Waals surface area contributed by atoms with E-state index in [1.165, 1.54) is 5.56 Å². The van der Waals surface area contributed by atoms with Crippen molar-refractivity contribution in [2.24, 2.45) is 5.92 Å². The highest BCUT2D eigenvalue weighted by Crippen LogP contribution is 2.36. The van der Waals surface area contributed by atoms with Crippen LogP contribution >= 0.6 is 0 Å². The second-order valence-electron chi connectivity index (χ2n) is 8.21. The van der Waals surface area contributed by atoms with Crippen LogP contribution in [0.4, 0.5) is 0 Å². The molecule has 0 unspecified atom stereocenters. The maximum Gasteiger partial charge on any atom is 0.252 e. The van der Waals surface area contributed by atoms with Gasteiger partial charge in [-0.3, -0.25) is 14.5 Å². The lowest BCUT2D eigenvalue weighted by atomic mass is 9.81. The van der Waals surface area contributed by atoms with Crippen molar-refractivity contribution in [3.63, 3.8) is 0 Å². The molecule has 1 N–H and O–H groups in total. The number of fused-ring (bicyclic) bond motifs is 1. The summed E-state index contributed by atoms with van der Waals surface area (Å²) in [6.07, 6.45) is 1.57. The van der Waals surface area contributed by atoms with Gasteiger partial charge in [0.05, 0.1) is 11.5 Å². The van der Waals surface area contributed by atoms with Gasteiger partial charge in [-0.05, 0) is 30.0 Å². The molecule has 2 aromatic carbocycles. The molecule has 2 aliphatic heterocycles. The third-order valence-corrected chi connectivity index (χ3v) is 6.07. The number of nitrogens with zero attached hydrogens (tertiary/aromatic N) is 2. The number of hydrogen-bond acceptors (Lipinski definition) is 3. The molecule has 1 saturated heterocycles. The first-order valence-corrected chi connectivity index (χ1v) is 9.86.